The summed E-state index contributed by atoms with van der Waals surface area (Å²) in [6.07, 6.45) is 6.32. The summed E-state index contributed by atoms with van der Waals surface area (Å²) in [6.45, 7) is 5.47. The van der Waals surface area contributed by atoms with Crippen molar-refractivity contribution in [1.82, 2.24) is 10.2 Å². The molecule has 0 spiro atoms. The van der Waals surface area contributed by atoms with E-state index in [0.717, 1.165) is 51.8 Å². The van der Waals surface area contributed by atoms with Gasteiger partial charge < -0.3 is 10.2 Å². The van der Waals surface area contributed by atoms with Crippen LogP contribution in [0, 0.1) is 0 Å². The van der Waals surface area contributed by atoms with E-state index in [1.165, 1.54) is 11.3 Å². The number of hydrogen-bond acceptors (Lipinski definition) is 4. The average molecular weight is 593 g/mol. The van der Waals surface area contributed by atoms with Crippen LogP contribution in [0.4, 0.5) is 5.69 Å². The Morgan fingerprint density at radius 3 is 2.32 bits per heavy atom. The smallest absolute Gasteiger partial charge is 0.244 e. The lowest BCUT2D eigenvalue weighted by molar-refractivity contribution is -0.139. The SMILES string of the molecule is CC(C)c1ccccc1N(CC(=O)N(Cc1cccc(Br)c1)[C@@H](C)C(=O)NC1CCCCC1)S(C)(=O)=O. The lowest BCUT2D eigenvalue weighted by Crippen LogP contribution is -2.53. The number of nitrogens with one attached hydrogen (secondary N) is 1. The molecule has 202 valence electrons. The van der Waals surface area contributed by atoms with Gasteiger partial charge in [-0.15, -0.1) is 0 Å². The standard InChI is InChI=1S/C28H38BrN3O4S/c1-20(2)25-15-8-9-16-26(25)32(37(4,35)36)19-27(33)31(18-22-11-10-12-23(29)17-22)21(3)28(34)30-24-13-6-5-7-14-24/h8-12,15-17,20-21,24H,5-7,13-14,18-19H2,1-4H3,(H,30,34)/t21-/m0/s1. The number of carbonyl (C=O) groups excluding carboxylic acids is 2. The summed E-state index contributed by atoms with van der Waals surface area (Å²) in [7, 11) is -3.77. The third kappa shape index (κ3) is 8.04. The van der Waals surface area contributed by atoms with E-state index in [-0.39, 0.29) is 24.4 Å². The van der Waals surface area contributed by atoms with Gasteiger partial charge in [-0.3, -0.25) is 13.9 Å². The first-order valence-electron chi connectivity index (χ1n) is 12.9. The van der Waals surface area contributed by atoms with E-state index in [2.05, 4.69) is 21.2 Å². The Morgan fingerprint density at radius 2 is 1.70 bits per heavy atom. The number of sulfonamides is 1. The number of halogens is 1. The quantitative estimate of drug-likeness (QED) is 0.411. The molecule has 9 heteroatoms. The molecule has 1 atom stereocenters. The Bertz CT molecular complexity index is 1200. The van der Waals surface area contributed by atoms with Crippen molar-refractivity contribution in [3.8, 4) is 0 Å². The van der Waals surface area contributed by atoms with Crippen LogP contribution in [0.2, 0.25) is 0 Å². The van der Waals surface area contributed by atoms with Gasteiger partial charge >= 0.3 is 0 Å². The number of para-hydroxylation sites is 1. The molecule has 1 aliphatic carbocycles. The predicted octanol–water partition coefficient (Wildman–Crippen LogP) is 5.20. The minimum Gasteiger partial charge on any atom is -0.352 e. The number of amides is 2. The van der Waals surface area contributed by atoms with Crippen LogP contribution in [0.3, 0.4) is 0 Å². The molecule has 0 unspecified atom stereocenters. The summed E-state index contributed by atoms with van der Waals surface area (Å²) in [5.74, 6) is -0.590. The minimum absolute atomic E-state index is 0.0634. The lowest BCUT2D eigenvalue weighted by atomic mass is 9.95. The third-order valence-corrected chi connectivity index (χ3v) is 8.49. The normalized spacial score (nSPS) is 15.3. The molecule has 2 amide bonds. The van der Waals surface area contributed by atoms with Gasteiger partial charge in [-0.2, -0.15) is 0 Å². The van der Waals surface area contributed by atoms with E-state index in [1.807, 2.05) is 50.2 Å². The molecule has 1 aliphatic rings. The second kappa shape index (κ2) is 12.9. The summed E-state index contributed by atoms with van der Waals surface area (Å²) in [5, 5.41) is 3.12. The third-order valence-electron chi connectivity index (χ3n) is 6.87. The highest BCUT2D eigenvalue weighted by Crippen LogP contribution is 2.29. The molecule has 0 aliphatic heterocycles. The van der Waals surface area contributed by atoms with Crippen LogP contribution in [-0.2, 0) is 26.2 Å². The maximum atomic E-state index is 13.8. The van der Waals surface area contributed by atoms with Crippen molar-refractivity contribution in [1.29, 1.82) is 0 Å². The van der Waals surface area contributed by atoms with Crippen molar-refractivity contribution in [2.45, 2.75) is 77.4 Å². The molecule has 0 radical (unpaired) electrons. The maximum absolute atomic E-state index is 13.8. The summed E-state index contributed by atoms with van der Waals surface area (Å²) in [5.41, 5.74) is 2.16. The molecule has 2 aromatic rings. The molecular formula is C28H38BrN3O4S. The fourth-order valence-corrected chi connectivity index (χ4v) is 6.10. The first-order chi connectivity index (χ1) is 17.5. The van der Waals surface area contributed by atoms with Crippen molar-refractivity contribution in [2.75, 3.05) is 17.1 Å². The zero-order chi connectivity index (χ0) is 27.2. The van der Waals surface area contributed by atoms with Crippen molar-refractivity contribution < 1.29 is 18.0 Å². The molecule has 0 saturated heterocycles. The van der Waals surface area contributed by atoms with Gasteiger partial charge in [0.25, 0.3) is 0 Å². The molecule has 2 aromatic carbocycles. The predicted molar refractivity (Wildman–Crippen MR) is 152 cm³/mol. The Kier molecular flexibility index (Phi) is 10.2. The van der Waals surface area contributed by atoms with Crippen LogP contribution in [-0.4, -0.2) is 50.0 Å². The van der Waals surface area contributed by atoms with E-state index in [9.17, 15) is 18.0 Å². The average Bonchev–Trinajstić information content (AvgIpc) is 2.85. The van der Waals surface area contributed by atoms with Gasteiger partial charge in [0.2, 0.25) is 21.8 Å². The summed E-state index contributed by atoms with van der Waals surface area (Å²) < 4.78 is 27.8. The number of nitrogens with zero attached hydrogens (tertiary/aromatic N) is 2. The van der Waals surface area contributed by atoms with Crippen LogP contribution in [0.15, 0.2) is 53.0 Å². The van der Waals surface area contributed by atoms with Gasteiger partial charge in [0.05, 0.1) is 11.9 Å². The van der Waals surface area contributed by atoms with Gasteiger partial charge in [0, 0.05) is 17.1 Å². The molecule has 0 aromatic heterocycles. The van der Waals surface area contributed by atoms with E-state index >= 15 is 0 Å². The molecule has 3 rings (SSSR count). The topological polar surface area (TPSA) is 86.8 Å². The summed E-state index contributed by atoms with van der Waals surface area (Å²) in [6, 6.07) is 14.1. The Balaban J connectivity index is 1.92. The Labute approximate surface area is 229 Å². The van der Waals surface area contributed by atoms with Crippen molar-refractivity contribution in [3.63, 3.8) is 0 Å². The van der Waals surface area contributed by atoms with Gasteiger partial charge in [-0.1, -0.05) is 79.4 Å². The number of rotatable bonds is 10. The molecule has 1 N–H and O–H groups in total. The highest BCUT2D eigenvalue weighted by molar-refractivity contribution is 9.10. The van der Waals surface area contributed by atoms with Gasteiger partial charge in [0.15, 0.2) is 0 Å². The summed E-state index contributed by atoms with van der Waals surface area (Å²) >= 11 is 3.47. The fraction of sp³-hybridized carbons (Fsp3) is 0.500. The Morgan fingerprint density at radius 1 is 1.03 bits per heavy atom. The van der Waals surface area contributed by atoms with Crippen molar-refractivity contribution >= 4 is 43.5 Å². The molecule has 1 saturated carbocycles. The van der Waals surface area contributed by atoms with Crippen LogP contribution >= 0.6 is 15.9 Å². The monoisotopic (exact) mass is 591 g/mol. The van der Waals surface area contributed by atoms with Crippen LogP contribution in [0.5, 0.6) is 0 Å². The second-order valence-electron chi connectivity index (χ2n) is 10.2. The van der Waals surface area contributed by atoms with E-state index in [4.69, 9.17) is 0 Å². The number of benzene rings is 2. The highest BCUT2D eigenvalue weighted by Gasteiger charge is 2.32. The van der Waals surface area contributed by atoms with Gasteiger partial charge in [-0.25, -0.2) is 8.42 Å². The van der Waals surface area contributed by atoms with Gasteiger partial charge in [-0.05, 0) is 55.0 Å². The molecule has 1 fully saturated rings. The van der Waals surface area contributed by atoms with E-state index < -0.39 is 28.5 Å². The Hall–Kier alpha value is -2.39. The van der Waals surface area contributed by atoms with Crippen LogP contribution in [0.1, 0.15) is 69.9 Å². The molecule has 0 heterocycles. The molecule has 0 bridgehead atoms. The zero-order valence-electron chi connectivity index (χ0n) is 22.1. The van der Waals surface area contributed by atoms with Gasteiger partial charge in [0.1, 0.15) is 12.6 Å². The molecular weight excluding hydrogens is 554 g/mol. The first kappa shape index (κ1) is 29.2. The number of anilines is 1. The van der Waals surface area contributed by atoms with Crippen molar-refractivity contribution in [3.05, 3.63) is 64.1 Å². The number of hydrogen-bond donors (Lipinski definition) is 1. The summed E-state index contributed by atoms with van der Waals surface area (Å²) in [4.78, 5) is 28.6. The van der Waals surface area contributed by atoms with Crippen LogP contribution in [0.25, 0.3) is 0 Å². The molecule has 7 nitrogen and oxygen atoms in total. The van der Waals surface area contributed by atoms with E-state index in [0.29, 0.717) is 5.69 Å². The fourth-order valence-electron chi connectivity index (χ4n) is 4.78. The minimum atomic E-state index is -3.77. The van der Waals surface area contributed by atoms with Crippen LogP contribution < -0.4 is 9.62 Å². The maximum Gasteiger partial charge on any atom is 0.244 e. The van der Waals surface area contributed by atoms with Crippen molar-refractivity contribution in [2.24, 2.45) is 0 Å². The first-order valence-corrected chi connectivity index (χ1v) is 15.5. The highest BCUT2D eigenvalue weighted by atomic mass is 79.9. The van der Waals surface area contributed by atoms with E-state index in [1.54, 1.807) is 19.1 Å². The largest absolute Gasteiger partial charge is 0.352 e. The number of carbonyl (C=O) groups is 2. The second-order valence-corrected chi connectivity index (χ2v) is 13.0. The zero-order valence-corrected chi connectivity index (χ0v) is 24.5. The molecule has 37 heavy (non-hydrogen) atoms. The lowest BCUT2D eigenvalue weighted by Gasteiger charge is -2.33.